The Kier molecular flexibility index (Phi) is 2.68. The Morgan fingerprint density at radius 3 is 2.79 bits per heavy atom. The summed E-state index contributed by atoms with van der Waals surface area (Å²) in [6, 6.07) is 0. The molecule has 0 radical (unpaired) electrons. The molecule has 0 amide bonds. The third-order valence-electron chi connectivity index (χ3n) is 4.49. The topological polar surface area (TPSA) is 52.6 Å². The van der Waals surface area contributed by atoms with Crippen molar-refractivity contribution in [1.29, 1.82) is 0 Å². The number of Topliss-reactive ketones (excluding diaryl/α,β-unsaturated/α-hetero) is 1. The van der Waals surface area contributed by atoms with Gasteiger partial charge in [-0.05, 0) is 30.8 Å². The van der Waals surface area contributed by atoms with Crippen molar-refractivity contribution < 1.29 is 19.1 Å². The van der Waals surface area contributed by atoms with Gasteiger partial charge in [-0.1, -0.05) is 19.6 Å². The van der Waals surface area contributed by atoms with Crippen molar-refractivity contribution in [2.75, 3.05) is 0 Å². The monoisotopic (exact) mass is 262 g/mol. The molecule has 3 rings (SSSR count). The zero-order chi connectivity index (χ0) is 13.8. The summed E-state index contributed by atoms with van der Waals surface area (Å²) in [5.74, 6) is -0.862. The van der Waals surface area contributed by atoms with E-state index in [2.05, 4.69) is 13.5 Å². The fraction of sp³-hybridized carbons (Fsp3) is 0.600. The molecule has 0 aromatic carbocycles. The van der Waals surface area contributed by atoms with Crippen LogP contribution in [0.3, 0.4) is 0 Å². The SMILES string of the molecule is C=C1CC2(CC(C)C3CC=C(C)C(=O)C3O2)OC1=O. The van der Waals surface area contributed by atoms with Crippen LogP contribution in [0.2, 0.25) is 0 Å². The summed E-state index contributed by atoms with van der Waals surface area (Å²) < 4.78 is 11.3. The van der Waals surface area contributed by atoms with Gasteiger partial charge < -0.3 is 9.47 Å². The number of ketones is 1. The number of carbonyl (C=O) groups excluding carboxylic acids is 2. The van der Waals surface area contributed by atoms with Crippen LogP contribution in [-0.2, 0) is 19.1 Å². The van der Waals surface area contributed by atoms with E-state index in [0.29, 0.717) is 18.4 Å². The van der Waals surface area contributed by atoms with E-state index in [0.717, 1.165) is 12.0 Å². The summed E-state index contributed by atoms with van der Waals surface area (Å²) in [6.45, 7) is 7.61. The summed E-state index contributed by atoms with van der Waals surface area (Å²) in [6.07, 6.45) is 3.37. The molecule has 4 heteroatoms. The van der Waals surface area contributed by atoms with Crippen molar-refractivity contribution in [3.8, 4) is 0 Å². The van der Waals surface area contributed by atoms with Crippen LogP contribution < -0.4 is 0 Å². The maximum absolute atomic E-state index is 12.3. The van der Waals surface area contributed by atoms with Gasteiger partial charge >= 0.3 is 5.97 Å². The van der Waals surface area contributed by atoms with E-state index in [4.69, 9.17) is 9.47 Å². The number of hydrogen-bond acceptors (Lipinski definition) is 4. The molecule has 3 aliphatic rings. The van der Waals surface area contributed by atoms with Crippen LogP contribution >= 0.6 is 0 Å². The predicted molar refractivity (Wildman–Crippen MR) is 68.1 cm³/mol. The van der Waals surface area contributed by atoms with Crippen molar-refractivity contribution in [2.45, 2.75) is 45.0 Å². The number of allylic oxidation sites excluding steroid dienone is 1. The van der Waals surface area contributed by atoms with Gasteiger partial charge in [0.05, 0.1) is 0 Å². The maximum atomic E-state index is 12.3. The van der Waals surface area contributed by atoms with Crippen LogP contribution in [0.4, 0.5) is 0 Å². The van der Waals surface area contributed by atoms with E-state index < -0.39 is 17.9 Å². The van der Waals surface area contributed by atoms with E-state index in [1.54, 1.807) is 0 Å². The fourth-order valence-corrected chi connectivity index (χ4v) is 3.40. The Hall–Kier alpha value is -1.42. The lowest BCUT2D eigenvalue weighted by molar-refractivity contribution is -0.268. The standard InChI is InChI=1S/C15H18O4/c1-8-4-5-11-9(2)6-15(18-13(11)12(8)16)7-10(3)14(17)19-15/h4,9,11,13H,3,5-7H2,1-2H3. The number of rotatable bonds is 0. The highest BCUT2D eigenvalue weighted by Crippen LogP contribution is 2.47. The summed E-state index contributed by atoms with van der Waals surface area (Å²) in [7, 11) is 0. The summed E-state index contributed by atoms with van der Waals surface area (Å²) in [5.41, 5.74) is 1.18. The van der Waals surface area contributed by atoms with Crippen molar-refractivity contribution in [3.63, 3.8) is 0 Å². The minimum Gasteiger partial charge on any atom is -0.429 e. The normalized spacial score (nSPS) is 42.1. The van der Waals surface area contributed by atoms with Gasteiger partial charge in [0, 0.05) is 18.4 Å². The quantitative estimate of drug-likeness (QED) is 0.496. The molecule has 4 unspecified atom stereocenters. The van der Waals surface area contributed by atoms with Gasteiger partial charge in [-0.15, -0.1) is 0 Å². The minimum absolute atomic E-state index is 0.0238. The highest BCUT2D eigenvalue weighted by atomic mass is 16.7. The van der Waals surface area contributed by atoms with Crippen LogP contribution in [0, 0.1) is 11.8 Å². The minimum atomic E-state index is -0.956. The van der Waals surface area contributed by atoms with Crippen LogP contribution in [0.5, 0.6) is 0 Å². The molecular formula is C15H18O4. The molecule has 102 valence electrons. The van der Waals surface area contributed by atoms with Crippen LogP contribution in [0.15, 0.2) is 23.8 Å². The van der Waals surface area contributed by atoms with Gasteiger partial charge in [0.15, 0.2) is 5.78 Å². The van der Waals surface area contributed by atoms with Crippen molar-refractivity contribution in [1.82, 2.24) is 0 Å². The number of carbonyl (C=O) groups is 2. The Morgan fingerprint density at radius 2 is 2.16 bits per heavy atom. The molecule has 2 aliphatic heterocycles. The Morgan fingerprint density at radius 1 is 1.42 bits per heavy atom. The molecular weight excluding hydrogens is 244 g/mol. The first kappa shape index (κ1) is 12.6. The summed E-state index contributed by atoms with van der Waals surface area (Å²) in [4.78, 5) is 23.8. The molecule has 2 fully saturated rings. The maximum Gasteiger partial charge on any atom is 0.336 e. The zero-order valence-electron chi connectivity index (χ0n) is 11.3. The molecule has 19 heavy (non-hydrogen) atoms. The average Bonchev–Trinajstić information content (AvgIpc) is 2.59. The lowest BCUT2D eigenvalue weighted by Crippen LogP contribution is -2.52. The van der Waals surface area contributed by atoms with Crippen LogP contribution in [0.1, 0.15) is 33.1 Å². The summed E-state index contributed by atoms with van der Waals surface area (Å²) >= 11 is 0. The van der Waals surface area contributed by atoms with Crippen LogP contribution in [0.25, 0.3) is 0 Å². The van der Waals surface area contributed by atoms with Gasteiger partial charge in [-0.3, -0.25) is 4.79 Å². The smallest absolute Gasteiger partial charge is 0.336 e. The molecule has 0 aromatic heterocycles. The van der Waals surface area contributed by atoms with Crippen molar-refractivity contribution >= 4 is 11.8 Å². The van der Waals surface area contributed by atoms with Gasteiger partial charge in [0.1, 0.15) is 6.10 Å². The molecule has 2 heterocycles. The molecule has 1 aliphatic carbocycles. The lowest BCUT2D eigenvalue weighted by atomic mass is 9.73. The zero-order valence-corrected chi connectivity index (χ0v) is 11.3. The molecule has 2 saturated heterocycles. The Labute approximate surface area is 112 Å². The van der Waals surface area contributed by atoms with Crippen LogP contribution in [-0.4, -0.2) is 23.6 Å². The van der Waals surface area contributed by atoms with Gasteiger partial charge in [-0.2, -0.15) is 0 Å². The van der Waals surface area contributed by atoms with E-state index in [9.17, 15) is 9.59 Å². The number of ether oxygens (including phenoxy) is 2. The molecule has 0 N–H and O–H groups in total. The van der Waals surface area contributed by atoms with Gasteiger partial charge in [0.2, 0.25) is 5.79 Å². The number of hydrogen-bond donors (Lipinski definition) is 0. The molecule has 0 aromatic rings. The average molecular weight is 262 g/mol. The summed E-state index contributed by atoms with van der Waals surface area (Å²) in [5, 5.41) is 0. The fourth-order valence-electron chi connectivity index (χ4n) is 3.40. The van der Waals surface area contributed by atoms with E-state index in [1.807, 2.05) is 13.0 Å². The second kappa shape index (κ2) is 4.04. The first-order valence-electron chi connectivity index (χ1n) is 6.72. The lowest BCUT2D eigenvalue weighted by Gasteiger charge is -2.45. The molecule has 0 bridgehead atoms. The molecule has 4 atom stereocenters. The molecule has 1 spiro atoms. The van der Waals surface area contributed by atoms with Crippen molar-refractivity contribution in [2.24, 2.45) is 11.8 Å². The third-order valence-corrected chi connectivity index (χ3v) is 4.49. The first-order chi connectivity index (χ1) is 8.92. The number of fused-ring (bicyclic) bond motifs is 1. The highest BCUT2D eigenvalue weighted by Gasteiger charge is 2.54. The Bertz CT molecular complexity index is 486. The van der Waals surface area contributed by atoms with E-state index in [-0.39, 0.29) is 17.6 Å². The Balaban J connectivity index is 1.91. The highest BCUT2D eigenvalue weighted by molar-refractivity contribution is 5.99. The first-order valence-corrected chi connectivity index (χ1v) is 6.72. The number of esters is 1. The second-order valence-electron chi connectivity index (χ2n) is 5.95. The van der Waals surface area contributed by atoms with Crippen molar-refractivity contribution in [3.05, 3.63) is 23.8 Å². The predicted octanol–water partition coefficient (Wildman–Crippen LogP) is 2.15. The molecule has 0 saturated carbocycles. The third kappa shape index (κ3) is 1.86. The van der Waals surface area contributed by atoms with Gasteiger partial charge in [0.25, 0.3) is 0 Å². The molecule has 4 nitrogen and oxygen atoms in total. The van der Waals surface area contributed by atoms with E-state index >= 15 is 0 Å². The van der Waals surface area contributed by atoms with Gasteiger partial charge in [-0.25, -0.2) is 4.79 Å². The largest absolute Gasteiger partial charge is 0.429 e. The van der Waals surface area contributed by atoms with E-state index in [1.165, 1.54) is 0 Å². The second-order valence-corrected chi connectivity index (χ2v) is 5.95.